The molecule has 64 valence electrons. The minimum absolute atomic E-state index is 0.125. The summed E-state index contributed by atoms with van der Waals surface area (Å²) in [5, 5.41) is 8.00. The van der Waals surface area contributed by atoms with E-state index in [0.29, 0.717) is 0 Å². The van der Waals surface area contributed by atoms with E-state index in [4.69, 9.17) is 10.8 Å². The lowest BCUT2D eigenvalue weighted by molar-refractivity contribution is -0.153. The first kappa shape index (κ1) is 9.70. The topological polar surface area (TPSA) is 102 Å². The fourth-order valence-corrected chi connectivity index (χ4v) is 0.291. The molecule has 0 aromatic heterocycles. The highest BCUT2D eigenvalue weighted by molar-refractivity contribution is 5.74. The van der Waals surface area contributed by atoms with Crippen LogP contribution in [0, 0.1) is 5.92 Å². The molecule has 1 atom stereocenters. The Balaban J connectivity index is 3.60. The fourth-order valence-electron chi connectivity index (χ4n) is 0.291. The molecule has 0 heterocycles. The fraction of sp³-hybridized carbons (Fsp3) is 0.600. The predicted octanol–water partition coefficient (Wildman–Crippen LogP) is -0.693. The number of carbonyl (C=O) groups is 2. The Hall–Kier alpha value is -1.30. The van der Waals surface area contributed by atoms with Crippen molar-refractivity contribution in [2.24, 2.45) is 11.7 Å². The summed E-state index contributed by atoms with van der Waals surface area (Å²) in [5.41, 5.74) is 6.58. The molecule has 11 heavy (non-hydrogen) atoms. The second-order valence-corrected chi connectivity index (χ2v) is 1.97. The summed E-state index contributed by atoms with van der Waals surface area (Å²) in [6.45, 7) is 1.66. The lowest BCUT2D eigenvalue weighted by atomic mass is 10.2. The third-order valence-corrected chi connectivity index (χ3v) is 0.995. The number of hydrogen-bond acceptors (Lipinski definition) is 4. The zero-order valence-electron chi connectivity index (χ0n) is 6.03. The molecule has 0 spiro atoms. The smallest absolute Gasteiger partial charge is 0.438 e. The Morgan fingerprint density at radius 2 is 2.27 bits per heavy atom. The summed E-state index contributed by atoms with van der Waals surface area (Å²) in [6, 6.07) is 0. The molecule has 1 amide bonds. The Morgan fingerprint density at radius 3 is 2.64 bits per heavy atom. The van der Waals surface area contributed by atoms with Crippen molar-refractivity contribution in [3.63, 3.8) is 0 Å². The van der Waals surface area contributed by atoms with Gasteiger partial charge in [0.15, 0.2) is 0 Å². The number of nitrogens with two attached hydrogens (primary N) is 1. The second kappa shape index (κ2) is 4.51. The molecule has 4 N–H and O–H groups in total. The maximum Gasteiger partial charge on any atom is 0.438 e. The Bertz CT molecular complexity index is 159. The van der Waals surface area contributed by atoms with Gasteiger partial charge < -0.3 is 15.7 Å². The largest absolute Gasteiger partial charge is 0.463 e. The highest BCUT2D eigenvalue weighted by Gasteiger charge is 2.13. The van der Waals surface area contributed by atoms with Gasteiger partial charge in [-0.25, -0.2) is 9.59 Å². The van der Waals surface area contributed by atoms with Crippen LogP contribution in [-0.2, 0) is 9.63 Å². The van der Waals surface area contributed by atoms with Crippen molar-refractivity contribution in [3.05, 3.63) is 0 Å². The average molecular weight is 162 g/mol. The molecule has 0 radical (unpaired) electrons. The zero-order valence-corrected chi connectivity index (χ0v) is 6.03. The van der Waals surface area contributed by atoms with Gasteiger partial charge in [-0.1, -0.05) is 6.92 Å². The van der Waals surface area contributed by atoms with Crippen LogP contribution in [-0.4, -0.2) is 23.7 Å². The number of carbonyl (C=O) groups excluding carboxylic acids is 1. The Labute approximate surface area is 63.3 Å². The molecule has 6 heteroatoms. The lowest BCUT2D eigenvalue weighted by Gasteiger charge is -2.06. The number of amides is 1. The van der Waals surface area contributed by atoms with Crippen LogP contribution in [0.5, 0.6) is 0 Å². The van der Waals surface area contributed by atoms with E-state index in [9.17, 15) is 9.59 Å². The molecule has 0 aliphatic rings. The average Bonchev–Trinajstić information content (AvgIpc) is 1.98. The molecule has 1 unspecified atom stereocenters. The first-order chi connectivity index (χ1) is 5.07. The Kier molecular flexibility index (Phi) is 3.97. The van der Waals surface area contributed by atoms with E-state index in [-0.39, 0.29) is 6.54 Å². The molecule has 0 aliphatic heterocycles. The summed E-state index contributed by atoms with van der Waals surface area (Å²) in [6.07, 6.45) is -1.41. The lowest BCUT2D eigenvalue weighted by Crippen LogP contribution is -2.31. The van der Waals surface area contributed by atoms with E-state index in [0.717, 1.165) is 0 Å². The predicted molar refractivity (Wildman–Crippen MR) is 35.5 cm³/mol. The van der Waals surface area contributed by atoms with Gasteiger partial charge in [-0.2, -0.15) is 0 Å². The molecule has 0 fully saturated rings. The standard InChI is InChI=1S/C5H10N2O4/c1-3(2-6)4(8)11-7-5(9)10/h3,7H,2,6H2,1H3,(H,9,10). The van der Waals surface area contributed by atoms with Gasteiger partial charge in [0.2, 0.25) is 0 Å². The van der Waals surface area contributed by atoms with Gasteiger partial charge >= 0.3 is 12.1 Å². The molecular weight excluding hydrogens is 152 g/mol. The molecule has 0 saturated heterocycles. The van der Waals surface area contributed by atoms with Gasteiger partial charge in [0.25, 0.3) is 0 Å². The van der Waals surface area contributed by atoms with E-state index >= 15 is 0 Å². The van der Waals surface area contributed by atoms with Crippen molar-refractivity contribution in [1.29, 1.82) is 0 Å². The van der Waals surface area contributed by atoms with Gasteiger partial charge in [0, 0.05) is 6.54 Å². The Morgan fingerprint density at radius 1 is 1.73 bits per heavy atom. The SMILES string of the molecule is CC(CN)C(=O)ONC(=O)O. The van der Waals surface area contributed by atoms with Crippen LogP contribution in [0.1, 0.15) is 6.92 Å². The highest BCUT2D eigenvalue weighted by Crippen LogP contribution is 1.92. The van der Waals surface area contributed by atoms with E-state index < -0.39 is 18.0 Å². The summed E-state index contributed by atoms with van der Waals surface area (Å²) >= 11 is 0. The summed E-state index contributed by atoms with van der Waals surface area (Å²) in [5.74, 6) is -1.18. The van der Waals surface area contributed by atoms with Gasteiger partial charge in [0.1, 0.15) is 0 Å². The van der Waals surface area contributed by atoms with Crippen molar-refractivity contribution in [1.82, 2.24) is 5.48 Å². The molecule has 6 nitrogen and oxygen atoms in total. The van der Waals surface area contributed by atoms with E-state index in [1.54, 1.807) is 0 Å². The van der Waals surface area contributed by atoms with Gasteiger partial charge in [-0.3, -0.25) is 0 Å². The third kappa shape index (κ3) is 4.15. The number of nitrogens with one attached hydrogen (secondary N) is 1. The quantitative estimate of drug-likeness (QED) is 0.466. The second-order valence-electron chi connectivity index (χ2n) is 1.97. The van der Waals surface area contributed by atoms with Crippen molar-refractivity contribution < 1.29 is 19.5 Å². The molecule has 0 aliphatic carbocycles. The molecule has 0 bridgehead atoms. The zero-order chi connectivity index (χ0) is 8.85. The maximum atomic E-state index is 10.7. The highest BCUT2D eigenvalue weighted by atomic mass is 16.7. The van der Waals surface area contributed by atoms with E-state index in [1.165, 1.54) is 12.4 Å². The van der Waals surface area contributed by atoms with Gasteiger partial charge in [-0.15, -0.1) is 5.48 Å². The number of rotatable bonds is 2. The van der Waals surface area contributed by atoms with Crippen LogP contribution < -0.4 is 11.2 Å². The van der Waals surface area contributed by atoms with Crippen molar-refractivity contribution in [3.8, 4) is 0 Å². The van der Waals surface area contributed by atoms with Crippen LogP contribution >= 0.6 is 0 Å². The number of carboxylic acid groups (broad SMARTS) is 1. The van der Waals surface area contributed by atoms with Crippen LogP contribution in [0.4, 0.5) is 4.79 Å². The van der Waals surface area contributed by atoms with E-state index in [1.807, 2.05) is 0 Å². The normalized spacial score (nSPS) is 11.8. The van der Waals surface area contributed by atoms with Crippen LogP contribution in [0.3, 0.4) is 0 Å². The molecule has 0 aromatic rings. The summed E-state index contributed by atoms with van der Waals surface area (Å²) < 4.78 is 0. The monoisotopic (exact) mass is 162 g/mol. The van der Waals surface area contributed by atoms with E-state index in [2.05, 4.69) is 4.84 Å². The van der Waals surface area contributed by atoms with Gasteiger partial charge in [0.05, 0.1) is 5.92 Å². The van der Waals surface area contributed by atoms with Crippen LogP contribution in [0.25, 0.3) is 0 Å². The minimum atomic E-state index is -1.41. The molecule has 0 aromatic carbocycles. The minimum Gasteiger partial charge on any atom is -0.463 e. The van der Waals surface area contributed by atoms with Crippen molar-refractivity contribution in [2.75, 3.05) is 6.54 Å². The first-order valence-electron chi connectivity index (χ1n) is 2.97. The van der Waals surface area contributed by atoms with Crippen LogP contribution in [0.2, 0.25) is 0 Å². The van der Waals surface area contributed by atoms with Crippen molar-refractivity contribution >= 4 is 12.1 Å². The van der Waals surface area contributed by atoms with Gasteiger partial charge in [-0.05, 0) is 0 Å². The first-order valence-corrected chi connectivity index (χ1v) is 2.97. The summed E-state index contributed by atoms with van der Waals surface area (Å²) in [4.78, 5) is 24.5. The molecule has 0 rings (SSSR count). The third-order valence-electron chi connectivity index (χ3n) is 0.995. The number of hydroxylamine groups is 1. The molecular formula is C5H10N2O4. The van der Waals surface area contributed by atoms with Crippen LogP contribution in [0.15, 0.2) is 0 Å². The molecule has 0 saturated carbocycles. The summed E-state index contributed by atoms with van der Waals surface area (Å²) in [7, 11) is 0. The number of hydrogen-bond donors (Lipinski definition) is 3. The van der Waals surface area contributed by atoms with Crippen molar-refractivity contribution in [2.45, 2.75) is 6.92 Å². The maximum absolute atomic E-state index is 10.7.